The lowest BCUT2D eigenvalue weighted by Crippen LogP contribution is -2.49. The molecule has 1 aliphatic carbocycles. The summed E-state index contributed by atoms with van der Waals surface area (Å²) in [7, 11) is 0. The molecule has 0 radical (unpaired) electrons. The molecule has 0 unspecified atom stereocenters. The minimum atomic E-state index is -1.17. The van der Waals surface area contributed by atoms with Gasteiger partial charge in [0.25, 0.3) is 0 Å². The van der Waals surface area contributed by atoms with Gasteiger partial charge in [0.2, 0.25) is 0 Å². The summed E-state index contributed by atoms with van der Waals surface area (Å²) in [6.07, 6.45) is 4.27. The summed E-state index contributed by atoms with van der Waals surface area (Å²) in [4.78, 5) is 21.4. The molecule has 1 aliphatic rings. The second-order valence-electron chi connectivity index (χ2n) is 6.58. The van der Waals surface area contributed by atoms with Crippen LogP contribution >= 0.6 is 27.3 Å². The molecule has 1 fully saturated rings. The molecule has 0 bridgehead atoms. The number of pyridine rings is 1. The average molecular weight is 464 g/mol. The van der Waals surface area contributed by atoms with E-state index in [1.165, 1.54) is 29.7 Å². The molecule has 10 heteroatoms. The number of anilines is 1. The molecule has 0 spiro atoms. The molecule has 28 heavy (non-hydrogen) atoms. The fourth-order valence-electron chi connectivity index (χ4n) is 3.35. The van der Waals surface area contributed by atoms with Crippen molar-refractivity contribution < 1.29 is 14.3 Å². The molecule has 3 aromatic rings. The molecule has 0 saturated heterocycles. The van der Waals surface area contributed by atoms with Crippen molar-refractivity contribution in [3.8, 4) is 10.7 Å². The van der Waals surface area contributed by atoms with Crippen LogP contribution in [0.4, 0.5) is 15.0 Å². The van der Waals surface area contributed by atoms with Crippen molar-refractivity contribution in [3.63, 3.8) is 0 Å². The van der Waals surface area contributed by atoms with Gasteiger partial charge in [0.15, 0.2) is 5.82 Å². The Kier molecular flexibility index (Phi) is 5.07. The van der Waals surface area contributed by atoms with Crippen molar-refractivity contribution >= 4 is 39.2 Å². The second kappa shape index (κ2) is 7.51. The monoisotopic (exact) mass is 463 g/mol. The number of amides is 1. The van der Waals surface area contributed by atoms with Crippen molar-refractivity contribution in [2.45, 2.75) is 24.7 Å². The van der Waals surface area contributed by atoms with Crippen LogP contribution < -0.4 is 4.90 Å². The second-order valence-corrected chi connectivity index (χ2v) is 8.99. The van der Waals surface area contributed by atoms with Crippen LogP contribution in [0.25, 0.3) is 10.7 Å². The van der Waals surface area contributed by atoms with E-state index < -0.39 is 17.3 Å². The van der Waals surface area contributed by atoms with Gasteiger partial charge < -0.3 is 5.11 Å². The van der Waals surface area contributed by atoms with Gasteiger partial charge in [-0.3, -0.25) is 9.88 Å². The summed E-state index contributed by atoms with van der Waals surface area (Å²) in [5.41, 5.74) is 0.216. The van der Waals surface area contributed by atoms with E-state index in [0.717, 1.165) is 15.1 Å². The molecule has 144 valence electrons. The number of hydrogen-bond acceptors (Lipinski definition) is 6. The third-order valence-electron chi connectivity index (χ3n) is 4.89. The first-order valence-electron chi connectivity index (χ1n) is 8.55. The third kappa shape index (κ3) is 3.49. The zero-order valence-electron chi connectivity index (χ0n) is 14.5. The standard InChI is InChI=1S/C18H15BrFN5O2S/c19-13-9-22-16(28-13)12-4-5-14(24-23-12)25(17(26)27)10-18(6-2-7-18)15-11(20)3-1-8-21-15/h1,3-5,8-9H,2,6-7,10H2,(H,26,27). The number of hydrogen-bond donors (Lipinski definition) is 1. The van der Waals surface area contributed by atoms with Gasteiger partial charge in [0.1, 0.15) is 16.5 Å². The molecule has 3 aromatic heterocycles. The van der Waals surface area contributed by atoms with E-state index in [2.05, 4.69) is 36.1 Å². The van der Waals surface area contributed by atoms with Crippen LogP contribution in [0.3, 0.4) is 0 Å². The topological polar surface area (TPSA) is 92.1 Å². The fraction of sp³-hybridized carbons (Fsp3) is 0.278. The Morgan fingerprint density at radius 3 is 2.64 bits per heavy atom. The summed E-state index contributed by atoms with van der Waals surface area (Å²) in [6, 6.07) is 6.15. The van der Waals surface area contributed by atoms with Crippen molar-refractivity contribution in [1.82, 2.24) is 20.2 Å². The lowest BCUT2D eigenvalue weighted by molar-refractivity contribution is 0.188. The van der Waals surface area contributed by atoms with Gasteiger partial charge in [0.05, 0.1) is 15.7 Å². The zero-order chi connectivity index (χ0) is 19.7. The van der Waals surface area contributed by atoms with Crippen LogP contribution in [0, 0.1) is 5.82 Å². The first kappa shape index (κ1) is 18.9. The highest BCUT2D eigenvalue weighted by Gasteiger charge is 2.44. The molecule has 0 aliphatic heterocycles. The Morgan fingerprint density at radius 2 is 2.11 bits per heavy atom. The van der Waals surface area contributed by atoms with Crippen LogP contribution in [0.1, 0.15) is 25.0 Å². The summed E-state index contributed by atoms with van der Waals surface area (Å²) >= 11 is 4.75. The van der Waals surface area contributed by atoms with Crippen molar-refractivity contribution in [3.05, 3.63) is 52.0 Å². The minimum Gasteiger partial charge on any atom is -0.465 e. The number of carbonyl (C=O) groups is 1. The van der Waals surface area contributed by atoms with Crippen LogP contribution in [0.2, 0.25) is 0 Å². The molecular weight excluding hydrogens is 449 g/mol. The number of thiazole rings is 1. The van der Waals surface area contributed by atoms with Crippen molar-refractivity contribution in [2.24, 2.45) is 0 Å². The Labute approximate surface area is 172 Å². The average Bonchev–Trinajstić information content (AvgIpc) is 3.09. The number of rotatable bonds is 5. The van der Waals surface area contributed by atoms with Crippen molar-refractivity contribution in [1.29, 1.82) is 0 Å². The van der Waals surface area contributed by atoms with E-state index in [1.54, 1.807) is 18.3 Å². The van der Waals surface area contributed by atoms with Crippen LogP contribution in [-0.4, -0.2) is 37.9 Å². The van der Waals surface area contributed by atoms with Gasteiger partial charge in [-0.05, 0) is 53.0 Å². The quantitative estimate of drug-likeness (QED) is 0.598. The maximum absolute atomic E-state index is 14.3. The number of carboxylic acid groups (broad SMARTS) is 1. The maximum atomic E-state index is 14.3. The summed E-state index contributed by atoms with van der Waals surface area (Å²) in [5.74, 6) is -0.224. The van der Waals surface area contributed by atoms with Gasteiger partial charge in [0, 0.05) is 18.2 Å². The fourth-order valence-corrected chi connectivity index (χ4v) is 4.53. The lowest BCUT2D eigenvalue weighted by Gasteiger charge is -2.43. The Balaban J connectivity index is 1.62. The summed E-state index contributed by atoms with van der Waals surface area (Å²) < 4.78 is 15.2. The molecule has 1 N–H and O–H groups in total. The molecule has 1 amide bonds. The number of nitrogens with zero attached hydrogens (tertiary/aromatic N) is 5. The summed E-state index contributed by atoms with van der Waals surface area (Å²) in [6.45, 7) is 0.0765. The SMILES string of the molecule is O=C(O)N(CC1(c2ncccc2F)CCC1)c1ccc(-c2ncc(Br)s2)nn1. The summed E-state index contributed by atoms with van der Waals surface area (Å²) in [5, 5.41) is 18.6. The lowest BCUT2D eigenvalue weighted by atomic mass is 9.66. The van der Waals surface area contributed by atoms with Gasteiger partial charge in [-0.1, -0.05) is 6.42 Å². The van der Waals surface area contributed by atoms with E-state index in [9.17, 15) is 14.3 Å². The highest BCUT2D eigenvalue weighted by atomic mass is 79.9. The third-order valence-corrected chi connectivity index (χ3v) is 6.39. The highest BCUT2D eigenvalue weighted by Crippen LogP contribution is 2.44. The molecule has 7 nitrogen and oxygen atoms in total. The Bertz CT molecular complexity index is 1010. The largest absolute Gasteiger partial charge is 0.465 e. The van der Waals surface area contributed by atoms with Gasteiger partial charge in [-0.2, -0.15) is 0 Å². The molecule has 0 aromatic carbocycles. The number of aromatic nitrogens is 4. The number of halogens is 2. The van der Waals surface area contributed by atoms with E-state index in [0.29, 0.717) is 29.2 Å². The van der Waals surface area contributed by atoms with Crippen LogP contribution in [0.15, 0.2) is 40.4 Å². The molecule has 1 saturated carbocycles. The first-order valence-corrected chi connectivity index (χ1v) is 10.2. The van der Waals surface area contributed by atoms with E-state index in [-0.39, 0.29) is 12.4 Å². The van der Waals surface area contributed by atoms with Crippen LogP contribution in [0.5, 0.6) is 0 Å². The minimum absolute atomic E-state index is 0.0765. The highest BCUT2D eigenvalue weighted by molar-refractivity contribution is 9.11. The predicted octanol–water partition coefficient (Wildman–Crippen LogP) is 4.50. The van der Waals surface area contributed by atoms with Crippen molar-refractivity contribution in [2.75, 3.05) is 11.4 Å². The van der Waals surface area contributed by atoms with E-state index >= 15 is 0 Å². The zero-order valence-corrected chi connectivity index (χ0v) is 17.0. The predicted molar refractivity (Wildman–Crippen MR) is 106 cm³/mol. The smallest absolute Gasteiger partial charge is 0.413 e. The van der Waals surface area contributed by atoms with Gasteiger partial charge in [-0.15, -0.1) is 21.5 Å². The molecule has 3 heterocycles. The first-order chi connectivity index (χ1) is 13.5. The van der Waals surface area contributed by atoms with Gasteiger partial charge >= 0.3 is 6.09 Å². The molecule has 4 rings (SSSR count). The maximum Gasteiger partial charge on any atom is 0.413 e. The Hall–Kier alpha value is -2.46. The van der Waals surface area contributed by atoms with Crippen LogP contribution in [-0.2, 0) is 5.41 Å². The molecule has 0 atom stereocenters. The normalized spacial score (nSPS) is 15.1. The van der Waals surface area contributed by atoms with E-state index in [1.807, 2.05) is 0 Å². The Morgan fingerprint density at radius 1 is 1.29 bits per heavy atom. The van der Waals surface area contributed by atoms with E-state index in [4.69, 9.17) is 0 Å². The van der Waals surface area contributed by atoms with Gasteiger partial charge in [-0.25, -0.2) is 14.2 Å². The molecular formula is C18H15BrFN5O2S.